The molecule has 1 unspecified atom stereocenters. The Morgan fingerprint density at radius 1 is 1.20 bits per heavy atom. The molecule has 15 heavy (non-hydrogen) atoms. The van der Waals surface area contributed by atoms with Crippen molar-refractivity contribution < 1.29 is 9.36 Å². The molecular weight excluding hydrogens is 235 g/mol. The summed E-state index contributed by atoms with van der Waals surface area (Å²) in [4.78, 5) is 11.8. The highest BCUT2D eigenvalue weighted by Crippen LogP contribution is 2.61. The topological polar surface area (TPSA) is 40.6 Å². The van der Waals surface area contributed by atoms with E-state index in [9.17, 15) is 9.36 Å². The Labute approximate surface area is 92.7 Å². The summed E-state index contributed by atoms with van der Waals surface area (Å²) >= 11 is 5.88. The maximum absolute atomic E-state index is 12.1. The molecule has 0 spiro atoms. The molecule has 80 valence electrons. The number of para-hydroxylation sites is 1. The monoisotopic (exact) mass is 244 g/mol. The van der Waals surface area contributed by atoms with Crippen molar-refractivity contribution >= 4 is 29.6 Å². The average molecular weight is 245 g/mol. The number of fused-ring (bicyclic) bond motifs is 1. The van der Waals surface area contributed by atoms with E-state index in [2.05, 4.69) is 0 Å². The highest BCUT2D eigenvalue weighted by molar-refractivity contribution is 7.89. The van der Waals surface area contributed by atoms with Crippen LogP contribution in [0.4, 0.5) is 5.69 Å². The molecule has 0 fully saturated rings. The summed E-state index contributed by atoms with van der Waals surface area (Å²) in [7, 11) is 3.07. The van der Waals surface area contributed by atoms with Gasteiger partial charge >= 0.3 is 6.80 Å². The van der Waals surface area contributed by atoms with Crippen LogP contribution in [0.25, 0.3) is 0 Å². The highest BCUT2D eigenvalue weighted by atomic mass is 35.7. The molecule has 1 aromatic rings. The molecule has 0 saturated carbocycles. The average Bonchev–Trinajstić information content (AvgIpc) is 2.24. The third-order valence-corrected chi connectivity index (χ3v) is 5.75. The molecule has 1 atom stereocenters. The van der Waals surface area contributed by atoms with E-state index in [4.69, 9.17) is 11.2 Å². The number of benzene rings is 1. The van der Waals surface area contributed by atoms with Crippen LogP contribution >= 0.6 is 18.0 Å². The molecule has 0 saturated heterocycles. The van der Waals surface area contributed by atoms with Gasteiger partial charge in [-0.25, -0.2) is 0 Å². The summed E-state index contributed by atoms with van der Waals surface area (Å²) < 4.78 is 14.6. The Morgan fingerprint density at radius 2 is 1.80 bits per heavy atom. The van der Waals surface area contributed by atoms with Crippen molar-refractivity contribution in [3.8, 4) is 0 Å². The van der Waals surface area contributed by atoms with Crippen LogP contribution in [0.1, 0.15) is 10.4 Å². The summed E-state index contributed by atoms with van der Waals surface area (Å²) in [6.45, 7) is -3.27. The molecule has 0 aliphatic carbocycles. The van der Waals surface area contributed by atoms with Crippen molar-refractivity contribution in [1.29, 1.82) is 0 Å². The maximum Gasteiger partial charge on any atom is 0.354 e. The molecular formula is C9H10ClN2O2P. The molecule has 1 amide bonds. The van der Waals surface area contributed by atoms with Gasteiger partial charge in [0.25, 0.3) is 5.91 Å². The number of carbonyl (C=O) groups excluding carboxylic acids is 1. The minimum absolute atomic E-state index is 0.304. The van der Waals surface area contributed by atoms with Crippen molar-refractivity contribution in [2.24, 2.45) is 0 Å². The van der Waals surface area contributed by atoms with E-state index in [1.807, 2.05) is 0 Å². The fourth-order valence-corrected chi connectivity index (χ4v) is 3.18. The van der Waals surface area contributed by atoms with E-state index < -0.39 is 6.80 Å². The molecule has 4 nitrogen and oxygen atoms in total. The molecule has 1 aliphatic rings. The van der Waals surface area contributed by atoms with Gasteiger partial charge < -0.3 is 0 Å². The number of hydrogen-bond acceptors (Lipinski definition) is 2. The van der Waals surface area contributed by atoms with Crippen LogP contribution in [-0.4, -0.2) is 24.7 Å². The Bertz CT molecular complexity index is 477. The third kappa shape index (κ3) is 1.36. The summed E-state index contributed by atoms with van der Waals surface area (Å²) in [6, 6.07) is 6.98. The van der Waals surface area contributed by atoms with E-state index in [1.165, 1.54) is 11.7 Å². The number of amides is 1. The van der Waals surface area contributed by atoms with Gasteiger partial charge in [-0.05, 0) is 23.4 Å². The summed E-state index contributed by atoms with van der Waals surface area (Å²) in [5.74, 6) is -0.304. The zero-order chi connectivity index (χ0) is 11.2. The zero-order valence-electron chi connectivity index (χ0n) is 8.35. The van der Waals surface area contributed by atoms with Gasteiger partial charge in [0.1, 0.15) is 0 Å². The molecule has 0 N–H and O–H groups in total. The second-order valence-electron chi connectivity index (χ2n) is 3.34. The highest BCUT2D eigenvalue weighted by Gasteiger charge is 2.41. The van der Waals surface area contributed by atoms with Crippen molar-refractivity contribution in [3.05, 3.63) is 29.8 Å². The summed E-state index contributed by atoms with van der Waals surface area (Å²) in [5, 5.41) is 0. The third-order valence-electron chi connectivity index (χ3n) is 2.52. The number of rotatable bonds is 0. The van der Waals surface area contributed by atoms with Crippen LogP contribution in [0.3, 0.4) is 0 Å². The van der Waals surface area contributed by atoms with Gasteiger partial charge in [-0.3, -0.25) is 18.7 Å². The number of carbonyl (C=O) groups is 1. The lowest BCUT2D eigenvalue weighted by Gasteiger charge is -2.37. The predicted octanol–water partition coefficient (Wildman–Crippen LogP) is 2.56. The van der Waals surface area contributed by atoms with Crippen LogP contribution in [0.5, 0.6) is 0 Å². The number of hydrogen-bond donors (Lipinski definition) is 0. The smallest absolute Gasteiger partial charge is 0.297 e. The van der Waals surface area contributed by atoms with E-state index in [0.717, 1.165) is 4.67 Å². The standard InChI is InChI=1S/C9H10ClN2O2P/c1-11-8-6-4-3-5-7(8)9(13)12(2)15(11,10)14/h3-6H,1-2H3. The van der Waals surface area contributed by atoms with E-state index in [-0.39, 0.29) is 5.91 Å². The van der Waals surface area contributed by atoms with Crippen LogP contribution in [0.2, 0.25) is 0 Å². The Kier molecular flexibility index (Phi) is 2.28. The number of anilines is 1. The molecule has 1 aliphatic heterocycles. The lowest BCUT2D eigenvalue weighted by Crippen LogP contribution is -2.35. The van der Waals surface area contributed by atoms with Crippen molar-refractivity contribution in [2.75, 3.05) is 18.8 Å². The minimum atomic E-state index is -3.27. The zero-order valence-corrected chi connectivity index (χ0v) is 10.00. The number of nitrogens with zero attached hydrogens (tertiary/aromatic N) is 2. The first-order chi connectivity index (χ1) is 6.96. The van der Waals surface area contributed by atoms with Gasteiger partial charge in [-0.2, -0.15) is 0 Å². The van der Waals surface area contributed by atoms with Crippen LogP contribution in [0.15, 0.2) is 24.3 Å². The van der Waals surface area contributed by atoms with Gasteiger partial charge in [-0.1, -0.05) is 12.1 Å². The molecule has 6 heteroatoms. The van der Waals surface area contributed by atoms with Gasteiger partial charge in [0.05, 0.1) is 11.3 Å². The van der Waals surface area contributed by atoms with Gasteiger partial charge in [-0.15, -0.1) is 0 Å². The first-order valence-corrected chi connectivity index (χ1v) is 6.89. The second-order valence-corrected chi connectivity index (χ2v) is 6.81. The Morgan fingerprint density at radius 3 is 2.47 bits per heavy atom. The van der Waals surface area contributed by atoms with E-state index in [1.54, 1.807) is 31.3 Å². The lowest BCUT2D eigenvalue weighted by atomic mass is 10.1. The Balaban J connectivity index is 2.68. The Hall–Kier alpha value is -0.990. The molecule has 0 bridgehead atoms. The molecule has 1 heterocycles. The van der Waals surface area contributed by atoms with Gasteiger partial charge in [0, 0.05) is 14.1 Å². The number of halogens is 1. The molecule has 1 aromatic carbocycles. The van der Waals surface area contributed by atoms with Crippen molar-refractivity contribution in [2.45, 2.75) is 0 Å². The van der Waals surface area contributed by atoms with Gasteiger partial charge in [0.15, 0.2) is 0 Å². The minimum Gasteiger partial charge on any atom is -0.297 e. The summed E-state index contributed by atoms with van der Waals surface area (Å²) in [5.41, 5.74) is 1.13. The van der Waals surface area contributed by atoms with Crippen LogP contribution < -0.4 is 4.67 Å². The second kappa shape index (κ2) is 3.26. The van der Waals surface area contributed by atoms with Crippen LogP contribution in [-0.2, 0) is 4.57 Å². The van der Waals surface area contributed by atoms with E-state index in [0.29, 0.717) is 11.3 Å². The first kappa shape index (κ1) is 10.5. The van der Waals surface area contributed by atoms with Crippen LogP contribution in [0, 0.1) is 0 Å². The normalized spacial score (nSPS) is 25.4. The predicted molar refractivity (Wildman–Crippen MR) is 60.4 cm³/mol. The summed E-state index contributed by atoms with van der Waals surface area (Å²) in [6.07, 6.45) is 0. The SMILES string of the molecule is CN1C(=O)c2ccccc2N(C)P1(=O)Cl. The molecule has 2 rings (SSSR count). The fraction of sp³-hybridized carbons (Fsp3) is 0.222. The largest absolute Gasteiger partial charge is 0.354 e. The fourth-order valence-electron chi connectivity index (χ4n) is 1.56. The lowest BCUT2D eigenvalue weighted by molar-refractivity contribution is 0.0879. The van der Waals surface area contributed by atoms with Gasteiger partial charge in [0.2, 0.25) is 0 Å². The molecule has 0 radical (unpaired) electrons. The molecule has 0 aromatic heterocycles. The van der Waals surface area contributed by atoms with Crippen molar-refractivity contribution in [1.82, 2.24) is 4.67 Å². The first-order valence-electron chi connectivity index (χ1n) is 4.37. The quantitative estimate of drug-likeness (QED) is 0.659. The van der Waals surface area contributed by atoms with Crippen molar-refractivity contribution in [3.63, 3.8) is 0 Å². The van der Waals surface area contributed by atoms with E-state index >= 15 is 0 Å². The maximum atomic E-state index is 12.1.